The van der Waals surface area contributed by atoms with E-state index >= 15 is 0 Å². The second-order valence-corrected chi connectivity index (χ2v) is 10.3. The van der Waals surface area contributed by atoms with Gasteiger partial charge in [-0.3, -0.25) is 14.4 Å². The van der Waals surface area contributed by atoms with Crippen molar-refractivity contribution in [2.75, 3.05) is 18.1 Å². The largest absolute Gasteiger partial charge is 0.481 e. The second-order valence-electron chi connectivity index (χ2n) is 7.16. The van der Waals surface area contributed by atoms with E-state index in [1.807, 2.05) is 47.8 Å². The van der Waals surface area contributed by atoms with Crippen LogP contribution in [0.25, 0.3) is 0 Å². The summed E-state index contributed by atoms with van der Waals surface area (Å²) in [5, 5.41) is 14.4. The molecule has 152 valence electrons. The number of benzene rings is 1. The first-order valence-electron chi connectivity index (χ1n) is 9.14. The quantitative estimate of drug-likeness (QED) is 0.500. The monoisotopic (exact) mass is 448 g/mol. The molecule has 9 heteroatoms. The molecule has 3 heterocycles. The minimum absolute atomic E-state index is 0.177. The fourth-order valence-corrected chi connectivity index (χ4v) is 6.92. The summed E-state index contributed by atoms with van der Waals surface area (Å²) in [5.41, 5.74) is -0.997. The molecule has 1 aromatic heterocycles. The third kappa shape index (κ3) is 4.17. The summed E-state index contributed by atoms with van der Waals surface area (Å²) in [7, 11) is 0. The van der Waals surface area contributed by atoms with E-state index in [0.29, 0.717) is 11.5 Å². The van der Waals surface area contributed by atoms with Gasteiger partial charge < -0.3 is 15.3 Å². The highest BCUT2D eigenvalue weighted by Gasteiger charge is 2.57. The lowest BCUT2D eigenvalue weighted by Crippen LogP contribution is -2.74. The molecule has 0 bridgehead atoms. The molecule has 2 amide bonds. The lowest BCUT2D eigenvalue weighted by molar-refractivity contribution is -0.157. The summed E-state index contributed by atoms with van der Waals surface area (Å²) in [5.74, 6) is -0.457. The van der Waals surface area contributed by atoms with Crippen LogP contribution >= 0.6 is 34.9 Å². The van der Waals surface area contributed by atoms with Crippen LogP contribution in [0.5, 0.6) is 0 Å². The molecule has 2 aromatic rings. The zero-order valence-corrected chi connectivity index (χ0v) is 17.9. The Balaban J connectivity index is 1.37. The van der Waals surface area contributed by atoms with Gasteiger partial charge in [0.05, 0.1) is 6.42 Å². The maximum atomic E-state index is 12.6. The number of hydrogen-bond donors (Lipinski definition) is 2. The number of carbonyl (C=O) groups is 3. The Morgan fingerprint density at radius 2 is 2.03 bits per heavy atom. The van der Waals surface area contributed by atoms with Gasteiger partial charge in [-0.2, -0.15) is 0 Å². The molecule has 2 unspecified atom stereocenters. The molecule has 4 rings (SSSR count). The van der Waals surface area contributed by atoms with E-state index in [1.54, 1.807) is 4.90 Å². The molecule has 3 atom stereocenters. The number of nitrogens with zero attached hydrogens (tertiary/aromatic N) is 1. The van der Waals surface area contributed by atoms with E-state index < -0.39 is 17.4 Å². The number of rotatable bonds is 7. The molecule has 2 N–H and O–H groups in total. The Labute approximate surface area is 181 Å². The van der Waals surface area contributed by atoms with E-state index in [0.717, 1.165) is 9.77 Å². The maximum absolute atomic E-state index is 12.6. The Hall–Kier alpha value is -1.97. The minimum atomic E-state index is -0.997. The van der Waals surface area contributed by atoms with Gasteiger partial charge in [-0.15, -0.1) is 34.9 Å². The number of β-lactam (4-membered cyclic amide) rings is 1. The highest BCUT2D eigenvalue weighted by Crippen LogP contribution is 2.44. The molecule has 0 radical (unpaired) electrons. The molecule has 2 saturated heterocycles. The van der Waals surface area contributed by atoms with Crippen LogP contribution in [0.1, 0.15) is 4.88 Å². The lowest BCUT2D eigenvalue weighted by Gasteiger charge is -2.53. The standard InChI is InChI=1S/C20H20N2O4S3/c23-15(9-14-7-4-8-27-14)21-16-17(24)22-10-20(19(25)26,12-29-18(16)22)11-28-13-5-2-1-3-6-13/h1-8,16,18H,9-12H2,(H,21,23)(H,25,26)/t16?,18-,20?/m1/s1. The van der Waals surface area contributed by atoms with Crippen molar-refractivity contribution in [3.05, 3.63) is 52.7 Å². The first-order valence-corrected chi connectivity index (χ1v) is 12.0. The molecule has 2 fully saturated rings. The number of nitrogens with one attached hydrogen (secondary N) is 1. The van der Waals surface area contributed by atoms with Gasteiger partial charge in [0.25, 0.3) is 0 Å². The van der Waals surface area contributed by atoms with Crippen molar-refractivity contribution in [3.63, 3.8) is 0 Å². The second kappa shape index (κ2) is 8.41. The van der Waals surface area contributed by atoms with Crippen LogP contribution in [-0.2, 0) is 20.8 Å². The van der Waals surface area contributed by atoms with Gasteiger partial charge in [0, 0.05) is 27.8 Å². The van der Waals surface area contributed by atoms with Crippen molar-refractivity contribution in [1.82, 2.24) is 10.2 Å². The average molecular weight is 449 g/mol. The van der Waals surface area contributed by atoms with Gasteiger partial charge in [-0.1, -0.05) is 24.3 Å². The topological polar surface area (TPSA) is 86.7 Å². The van der Waals surface area contributed by atoms with Crippen molar-refractivity contribution in [3.8, 4) is 0 Å². The van der Waals surface area contributed by atoms with Crippen LogP contribution < -0.4 is 5.32 Å². The Morgan fingerprint density at radius 3 is 2.72 bits per heavy atom. The molecule has 29 heavy (non-hydrogen) atoms. The predicted molar refractivity (Wildman–Crippen MR) is 115 cm³/mol. The fraction of sp³-hybridized carbons (Fsp3) is 0.350. The number of fused-ring (bicyclic) bond motifs is 1. The van der Waals surface area contributed by atoms with E-state index in [1.165, 1.54) is 34.9 Å². The van der Waals surface area contributed by atoms with Gasteiger partial charge in [0.2, 0.25) is 11.8 Å². The summed E-state index contributed by atoms with van der Waals surface area (Å²) in [6, 6.07) is 12.9. The molecule has 0 aliphatic carbocycles. The van der Waals surface area contributed by atoms with Gasteiger partial charge >= 0.3 is 5.97 Å². The number of thioether (sulfide) groups is 2. The SMILES string of the molecule is O=C(Cc1cccs1)NC1C(=O)N2CC(CSc3ccccc3)(C(=O)O)CS[C@H]12. The molecular formula is C20H20N2O4S3. The van der Waals surface area contributed by atoms with Crippen molar-refractivity contribution in [1.29, 1.82) is 0 Å². The first kappa shape index (κ1) is 20.3. The van der Waals surface area contributed by atoms with Crippen LogP contribution in [0.3, 0.4) is 0 Å². The molecule has 6 nitrogen and oxygen atoms in total. The minimum Gasteiger partial charge on any atom is -0.481 e. The van der Waals surface area contributed by atoms with Gasteiger partial charge in [0.1, 0.15) is 16.8 Å². The van der Waals surface area contributed by atoms with E-state index in [9.17, 15) is 19.5 Å². The highest BCUT2D eigenvalue weighted by atomic mass is 32.2. The highest BCUT2D eigenvalue weighted by molar-refractivity contribution is 8.00. The number of carboxylic acids is 1. The number of aliphatic carboxylic acids is 1. The zero-order valence-electron chi connectivity index (χ0n) is 15.4. The average Bonchev–Trinajstić information content (AvgIpc) is 3.24. The van der Waals surface area contributed by atoms with Crippen LogP contribution in [0.4, 0.5) is 0 Å². The van der Waals surface area contributed by atoms with Gasteiger partial charge in [0.15, 0.2) is 0 Å². The maximum Gasteiger partial charge on any atom is 0.313 e. The summed E-state index contributed by atoms with van der Waals surface area (Å²) >= 11 is 4.44. The van der Waals surface area contributed by atoms with Crippen molar-refractivity contribution in [2.24, 2.45) is 5.41 Å². The molecule has 2 aliphatic rings. The molecule has 0 saturated carbocycles. The molecular weight excluding hydrogens is 428 g/mol. The molecule has 0 spiro atoms. The number of hydrogen-bond acceptors (Lipinski definition) is 6. The third-order valence-corrected chi connectivity index (χ3v) is 8.85. The third-order valence-electron chi connectivity index (χ3n) is 5.09. The van der Waals surface area contributed by atoms with Crippen LogP contribution in [0, 0.1) is 5.41 Å². The van der Waals surface area contributed by atoms with Crippen molar-refractivity contribution < 1.29 is 19.5 Å². The molecule has 2 aliphatic heterocycles. The smallest absolute Gasteiger partial charge is 0.313 e. The number of amides is 2. The van der Waals surface area contributed by atoms with Gasteiger partial charge in [-0.25, -0.2) is 0 Å². The number of carbonyl (C=O) groups excluding carboxylic acids is 2. The Kier molecular flexibility index (Phi) is 5.89. The van der Waals surface area contributed by atoms with E-state index in [2.05, 4.69) is 5.32 Å². The van der Waals surface area contributed by atoms with Crippen LogP contribution in [0.2, 0.25) is 0 Å². The Morgan fingerprint density at radius 1 is 1.24 bits per heavy atom. The van der Waals surface area contributed by atoms with Crippen LogP contribution in [0.15, 0.2) is 52.7 Å². The van der Waals surface area contributed by atoms with E-state index in [-0.39, 0.29) is 30.2 Å². The fourth-order valence-electron chi connectivity index (χ4n) is 3.44. The normalized spacial score (nSPS) is 25.8. The Bertz CT molecular complexity index is 906. The summed E-state index contributed by atoms with van der Waals surface area (Å²) in [6.07, 6.45) is 0.256. The first-order chi connectivity index (χ1) is 14.0. The summed E-state index contributed by atoms with van der Waals surface area (Å²) in [6.45, 7) is 0.177. The van der Waals surface area contributed by atoms with Crippen molar-refractivity contribution >= 4 is 52.6 Å². The number of carboxylic acid groups (broad SMARTS) is 1. The summed E-state index contributed by atoms with van der Waals surface area (Å²) < 4.78 is 0. The summed E-state index contributed by atoms with van der Waals surface area (Å²) in [4.78, 5) is 40.5. The van der Waals surface area contributed by atoms with E-state index in [4.69, 9.17) is 0 Å². The molecule has 1 aromatic carbocycles. The van der Waals surface area contributed by atoms with Crippen molar-refractivity contribution in [2.45, 2.75) is 22.7 Å². The number of thiophene rings is 1. The lowest BCUT2D eigenvalue weighted by atomic mass is 9.89. The zero-order chi connectivity index (χ0) is 20.4. The van der Waals surface area contributed by atoms with Crippen LogP contribution in [-0.4, -0.2) is 57.3 Å². The van der Waals surface area contributed by atoms with Gasteiger partial charge in [-0.05, 0) is 23.6 Å². The predicted octanol–water partition coefficient (Wildman–Crippen LogP) is 2.55.